The molecule has 1 heterocycles. The molecule has 0 bridgehead atoms. The van der Waals surface area contributed by atoms with Crippen molar-refractivity contribution in [3.8, 4) is 0 Å². The van der Waals surface area contributed by atoms with Crippen LogP contribution >= 0.6 is 11.6 Å². The SMILES string of the molecule is O=C1CO[C@H](c2cccc3cccc(Cl)c23)CN1. The zero-order chi connectivity index (χ0) is 12.5. The van der Waals surface area contributed by atoms with Gasteiger partial charge in [-0.15, -0.1) is 0 Å². The standard InChI is InChI=1S/C14H12ClNO2/c15-11-6-2-4-9-3-1-5-10(14(9)11)12-7-16-13(17)8-18-12/h1-6,12H,7-8H2,(H,16,17)/t12-/m0/s1. The zero-order valence-corrected chi connectivity index (χ0v) is 10.4. The molecule has 0 saturated carbocycles. The summed E-state index contributed by atoms with van der Waals surface area (Å²) in [6.07, 6.45) is -0.133. The summed E-state index contributed by atoms with van der Waals surface area (Å²) in [7, 11) is 0. The molecule has 1 amide bonds. The molecule has 1 atom stereocenters. The second kappa shape index (κ2) is 4.59. The lowest BCUT2D eigenvalue weighted by Crippen LogP contribution is -2.38. The molecule has 2 aromatic rings. The molecule has 0 radical (unpaired) electrons. The molecule has 3 nitrogen and oxygen atoms in total. The van der Waals surface area contributed by atoms with E-state index in [1.807, 2.05) is 36.4 Å². The van der Waals surface area contributed by atoms with Crippen LogP contribution in [0.2, 0.25) is 5.02 Å². The van der Waals surface area contributed by atoms with E-state index in [4.69, 9.17) is 16.3 Å². The Labute approximate surface area is 110 Å². The van der Waals surface area contributed by atoms with E-state index in [1.54, 1.807) is 0 Å². The fourth-order valence-electron chi connectivity index (χ4n) is 2.28. The first-order valence-electron chi connectivity index (χ1n) is 5.81. The van der Waals surface area contributed by atoms with Crippen molar-refractivity contribution < 1.29 is 9.53 Å². The van der Waals surface area contributed by atoms with Crippen LogP contribution in [0.15, 0.2) is 36.4 Å². The molecule has 1 fully saturated rings. The van der Waals surface area contributed by atoms with Gasteiger partial charge in [-0.2, -0.15) is 0 Å². The van der Waals surface area contributed by atoms with E-state index in [0.29, 0.717) is 11.6 Å². The normalized spacial score (nSPS) is 19.8. The number of nitrogens with one attached hydrogen (secondary N) is 1. The number of benzene rings is 2. The van der Waals surface area contributed by atoms with Crippen LogP contribution < -0.4 is 5.32 Å². The van der Waals surface area contributed by atoms with Crippen LogP contribution in [-0.4, -0.2) is 19.1 Å². The van der Waals surface area contributed by atoms with Gasteiger partial charge in [-0.05, 0) is 17.0 Å². The largest absolute Gasteiger partial charge is 0.362 e. The Morgan fingerprint density at radius 2 is 2.00 bits per heavy atom. The van der Waals surface area contributed by atoms with Crippen LogP contribution in [0.1, 0.15) is 11.7 Å². The van der Waals surface area contributed by atoms with Crippen molar-refractivity contribution in [1.82, 2.24) is 5.32 Å². The number of hydrogen-bond acceptors (Lipinski definition) is 2. The summed E-state index contributed by atoms with van der Waals surface area (Å²) < 4.78 is 5.57. The lowest BCUT2D eigenvalue weighted by molar-refractivity contribution is -0.133. The number of amides is 1. The molecule has 0 unspecified atom stereocenters. The van der Waals surface area contributed by atoms with E-state index in [0.717, 1.165) is 16.3 Å². The van der Waals surface area contributed by atoms with Crippen molar-refractivity contribution >= 4 is 28.3 Å². The molecule has 4 heteroatoms. The van der Waals surface area contributed by atoms with Crippen molar-refractivity contribution in [1.29, 1.82) is 0 Å². The van der Waals surface area contributed by atoms with Crippen LogP contribution in [0.4, 0.5) is 0 Å². The maximum absolute atomic E-state index is 11.1. The maximum atomic E-state index is 11.1. The minimum Gasteiger partial charge on any atom is -0.362 e. The number of carbonyl (C=O) groups excluding carboxylic acids is 1. The fourth-order valence-corrected chi connectivity index (χ4v) is 2.57. The van der Waals surface area contributed by atoms with Crippen LogP contribution in [0.5, 0.6) is 0 Å². The van der Waals surface area contributed by atoms with Crippen LogP contribution in [0.3, 0.4) is 0 Å². The first kappa shape index (κ1) is 11.5. The summed E-state index contributed by atoms with van der Waals surface area (Å²) >= 11 is 6.27. The summed E-state index contributed by atoms with van der Waals surface area (Å²) in [5, 5.41) is 5.61. The van der Waals surface area contributed by atoms with Gasteiger partial charge in [0.15, 0.2) is 0 Å². The van der Waals surface area contributed by atoms with Crippen molar-refractivity contribution in [2.24, 2.45) is 0 Å². The fraction of sp³-hybridized carbons (Fsp3) is 0.214. The van der Waals surface area contributed by atoms with Crippen LogP contribution in [0.25, 0.3) is 10.8 Å². The molecule has 0 aliphatic carbocycles. The summed E-state index contributed by atoms with van der Waals surface area (Å²) in [5.41, 5.74) is 1.03. The third kappa shape index (κ3) is 1.96. The van der Waals surface area contributed by atoms with Gasteiger partial charge in [-0.25, -0.2) is 0 Å². The van der Waals surface area contributed by atoms with Gasteiger partial charge in [0.1, 0.15) is 12.7 Å². The highest BCUT2D eigenvalue weighted by Crippen LogP contribution is 2.32. The second-order valence-electron chi connectivity index (χ2n) is 4.29. The zero-order valence-electron chi connectivity index (χ0n) is 9.65. The quantitative estimate of drug-likeness (QED) is 0.857. The second-order valence-corrected chi connectivity index (χ2v) is 4.70. The lowest BCUT2D eigenvalue weighted by atomic mass is 9.99. The smallest absolute Gasteiger partial charge is 0.246 e. The van der Waals surface area contributed by atoms with Crippen LogP contribution in [-0.2, 0) is 9.53 Å². The molecule has 1 saturated heterocycles. The Kier molecular flexibility index (Phi) is 2.94. The van der Waals surface area contributed by atoms with Gasteiger partial charge in [0.05, 0.1) is 0 Å². The number of rotatable bonds is 1. The number of ether oxygens (including phenoxy) is 1. The molecule has 92 valence electrons. The molecule has 1 aliphatic rings. The predicted molar refractivity (Wildman–Crippen MR) is 70.7 cm³/mol. The lowest BCUT2D eigenvalue weighted by Gasteiger charge is -2.24. The van der Waals surface area contributed by atoms with E-state index in [-0.39, 0.29) is 18.6 Å². The summed E-state index contributed by atoms with van der Waals surface area (Å²) in [6, 6.07) is 11.8. The highest BCUT2D eigenvalue weighted by atomic mass is 35.5. The number of carbonyl (C=O) groups is 1. The van der Waals surface area contributed by atoms with Gasteiger partial charge in [0.25, 0.3) is 0 Å². The minimum absolute atomic E-state index is 0.0717. The molecule has 1 aliphatic heterocycles. The molecule has 0 aromatic heterocycles. The monoisotopic (exact) mass is 261 g/mol. The maximum Gasteiger partial charge on any atom is 0.246 e. The van der Waals surface area contributed by atoms with Crippen molar-refractivity contribution in [2.75, 3.05) is 13.2 Å². The number of morpholine rings is 1. The van der Waals surface area contributed by atoms with Crippen molar-refractivity contribution in [3.05, 3.63) is 47.0 Å². The number of fused-ring (bicyclic) bond motifs is 1. The van der Waals surface area contributed by atoms with Gasteiger partial charge in [0, 0.05) is 17.0 Å². The topological polar surface area (TPSA) is 38.3 Å². The molecule has 0 spiro atoms. The van der Waals surface area contributed by atoms with E-state index >= 15 is 0 Å². The van der Waals surface area contributed by atoms with E-state index in [9.17, 15) is 4.79 Å². The first-order valence-corrected chi connectivity index (χ1v) is 6.19. The van der Waals surface area contributed by atoms with Gasteiger partial charge < -0.3 is 10.1 Å². The van der Waals surface area contributed by atoms with E-state index in [2.05, 4.69) is 5.32 Å². The van der Waals surface area contributed by atoms with Crippen molar-refractivity contribution in [2.45, 2.75) is 6.10 Å². The Morgan fingerprint density at radius 1 is 1.22 bits per heavy atom. The van der Waals surface area contributed by atoms with Gasteiger partial charge >= 0.3 is 0 Å². The molecular formula is C14H12ClNO2. The summed E-state index contributed by atoms with van der Waals surface area (Å²) in [6.45, 7) is 0.592. The van der Waals surface area contributed by atoms with E-state index in [1.165, 1.54) is 0 Å². The average molecular weight is 262 g/mol. The summed E-state index contributed by atoms with van der Waals surface area (Å²) in [5.74, 6) is -0.0717. The molecular weight excluding hydrogens is 250 g/mol. The summed E-state index contributed by atoms with van der Waals surface area (Å²) in [4.78, 5) is 11.1. The molecule has 3 rings (SSSR count). The van der Waals surface area contributed by atoms with Gasteiger partial charge in [-0.3, -0.25) is 4.79 Å². The average Bonchev–Trinajstić information content (AvgIpc) is 2.39. The first-order chi connectivity index (χ1) is 8.75. The van der Waals surface area contributed by atoms with Gasteiger partial charge in [0.2, 0.25) is 5.91 Å². The Balaban J connectivity index is 2.09. The predicted octanol–water partition coefficient (Wildman–Crippen LogP) is 2.68. The van der Waals surface area contributed by atoms with Crippen molar-refractivity contribution in [3.63, 3.8) is 0 Å². The highest BCUT2D eigenvalue weighted by Gasteiger charge is 2.22. The Hall–Kier alpha value is -1.58. The molecule has 18 heavy (non-hydrogen) atoms. The minimum atomic E-state index is -0.133. The highest BCUT2D eigenvalue weighted by molar-refractivity contribution is 6.35. The molecule has 1 N–H and O–H groups in total. The Morgan fingerprint density at radius 3 is 2.72 bits per heavy atom. The molecule has 2 aromatic carbocycles. The third-order valence-electron chi connectivity index (χ3n) is 3.13. The van der Waals surface area contributed by atoms with Gasteiger partial charge in [-0.1, -0.05) is 41.9 Å². The Bertz CT molecular complexity index is 597. The number of halogens is 1. The van der Waals surface area contributed by atoms with E-state index < -0.39 is 0 Å². The van der Waals surface area contributed by atoms with Crippen LogP contribution in [0, 0.1) is 0 Å². The third-order valence-corrected chi connectivity index (χ3v) is 3.45. The number of hydrogen-bond donors (Lipinski definition) is 1.